The molecule has 0 radical (unpaired) electrons. The maximum Gasteiger partial charge on any atom is 0.339 e. The number of benzene rings is 3. The van der Waals surface area contributed by atoms with Gasteiger partial charge in [-0.3, -0.25) is 4.79 Å². The lowest BCUT2D eigenvalue weighted by molar-refractivity contribution is 0.0526. The molecule has 7 heteroatoms. The third-order valence-electron chi connectivity index (χ3n) is 4.17. The number of carbonyl (C=O) groups excluding carboxylic acids is 2. The predicted octanol–water partition coefficient (Wildman–Crippen LogP) is 6.00. The van der Waals surface area contributed by atoms with Crippen LogP contribution >= 0.6 is 23.2 Å². The highest BCUT2D eigenvalue weighted by Crippen LogP contribution is 2.23. The molecule has 3 aromatic carbocycles. The van der Waals surface area contributed by atoms with E-state index in [2.05, 4.69) is 5.32 Å². The van der Waals surface area contributed by atoms with Crippen molar-refractivity contribution in [1.82, 2.24) is 0 Å². The number of nitrogens with one attached hydrogen (secondary N) is 1. The number of esters is 1. The first-order chi connectivity index (χ1) is 14.5. The summed E-state index contributed by atoms with van der Waals surface area (Å²) in [4.78, 5) is 24.4. The number of anilines is 1. The molecule has 0 fully saturated rings. The van der Waals surface area contributed by atoms with E-state index in [9.17, 15) is 9.59 Å². The first kappa shape index (κ1) is 21.7. The van der Waals surface area contributed by atoms with Crippen molar-refractivity contribution in [2.75, 3.05) is 11.9 Å². The average Bonchev–Trinajstić information content (AvgIpc) is 2.73. The van der Waals surface area contributed by atoms with Gasteiger partial charge in [0.1, 0.15) is 12.4 Å². The lowest BCUT2D eigenvalue weighted by Crippen LogP contribution is -2.12. The van der Waals surface area contributed by atoms with Gasteiger partial charge in [0, 0.05) is 21.8 Å². The molecular weight excluding hydrogens is 425 g/mol. The van der Waals surface area contributed by atoms with E-state index >= 15 is 0 Å². The van der Waals surface area contributed by atoms with Crippen LogP contribution in [0.1, 0.15) is 33.2 Å². The second kappa shape index (κ2) is 10.1. The fourth-order valence-electron chi connectivity index (χ4n) is 2.67. The van der Waals surface area contributed by atoms with Gasteiger partial charge in [-0.2, -0.15) is 0 Å². The van der Waals surface area contributed by atoms with E-state index in [0.717, 1.165) is 5.56 Å². The number of hydrogen-bond donors (Lipinski definition) is 1. The average molecular weight is 444 g/mol. The molecule has 0 saturated carbocycles. The molecule has 1 amide bonds. The summed E-state index contributed by atoms with van der Waals surface area (Å²) in [7, 11) is 0. The summed E-state index contributed by atoms with van der Waals surface area (Å²) in [5, 5.41) is 3.57. The third-order valence-corrected chi connectivity index (χ3v) is 4.85. The zero-order valence-corrected chi connectivity index (χ0v) is 17.7. The number of amides is 1. The fraction of sp³-hybridized carbons (Fsp3) is 0.130. The van der Waals surface area contributed by atoms with Crippen LogP contribution in [0.4, 0.5) is 5.69 Å². The highest BCUT2D eigenvalue weighted by molar-refractivity contribution is 6.34. The Morgan fingerprint density at radius 2 is 1.73 bits per heavy atom. The summed E-state index contributed by atoms with van der Waals surface area (Å²) in [6.45, 7) is 2.25. The lowest BCUT2D eigenvalue weighted by Gasteiger charge is -2.11. The molecule has 5 nitrogen and oxygen atoms in total. The van der Waals surface area contributed by atoms with E-state index in [4.69, 9.17) is 32.7 Å². The largest absolute Gasteiger partial charge is 0.489 e. The molecule has 0 aromatic heterocycles. The second-order valence-corrected chi connectivity index (χ2v) is 7.09. The molecular formula is C23H19Cl2NO4. The van der Waals surface area contributed by atoms with Gasteiger partial charge in [-0.1, -0.05) is 47.5 Å². The third kappa shape index (κ3) is 5.53. The van der Waals surface area contributed by atoms with Gasteiger partial charge in [0.15, 0.2) is 0 Å². The molecule has 1 N–H and O–H groups in total. The van der Waals surface area contributed by atoms with Crippen LogP contribution in [0.3, 0.4) is 0 Å². The van der Waals surface area contributed by atoms with Gasteiger partial charge in [0.05, 0.1) is 17.2 Å². The summed E-state index contributed by atoms with van der Waals surface area (Å²) < 4.78 is 10.7. The fourth-order valence-corrected chi connectivity index (χ4v) is 3.12. The molecule has 0 spiro atoms. The zero-order valence-electron chi connectivity index (χ0n) is 16.2. The normalized spacial score (nSPS) is 10.4. The van der Waals surface area contributed by atoms with Crippen molar-refractivity contribution in [2.24, 2.45) is 0 Å². The molecule has 3 aromatic rings. The standard InChI is InChI=1S/C23H19Cl2NO4/c1-2-29-23(28)19-11-10-17(13-21(19)25)26-22(27)15-7-5-8-18(12-15)30-14-16-6-3-4-9-20(16)24/h3-13H,2,14H2,1H3,(H,26,27). The summed E-state index contributed by atoms with van der Waals surface area (Å²) in [5.41, 5.74) is 1.97. The molecule has 0 heterocycles. The minimum atomic E-state index is -0.510. The lowest BCUT2D eigenvalue weighted by atomic mass is 10.1. The Bertz CT molecular complexity index is 1070. The molecule has 0 aliphatic heterocycles. The van der Waals surface area contributed by atoms with E-state index in [1.165, 1.54) is 12.1 Å². The van der Waals surface area contributed by atoms with E-state index < -0.39 is 5.97 Å². The SMILES string of the molecule is CCOC(=O)c1ccc(NC(=O)c2cccc(OCc3ccccc3Cl)c2)cc1Cl. The van der Waals surface area contributed by atoms with Gasteiger partial charge in [0.2, 0.25) is 0 Å². The van der Waals surface area contributed by atoms with Crippen LogP contribution in [0, 0.1) is 0 Å². The van der Waals surface area contributed by atoms with Gasteiger partial charge < -0.3 is 14.8 Å². The van der Waals surface area contributed by atoms with Crippen molar-refractivity contribution in [1.29, 1.82) is 0 Å². The van der Waals surface area contributed by atoms with Crippen molar-refractivity contribution in [3.63, 3.8) is 0 Å². The van der Waals surface area contributed by atoms with Gasteiger partial charge in [-0.05, 0) is 49.4 Å². The topological polar surface area (TPSA) is 64.6 Å². The Morgan fingerprint density at radius 3 is 2.47 bits per heavy atom. The zero-order chi connectivity index (χ0) is 21.5. The van der Waals surface area contributed by atoms with E-state index in [-0.39, 0.29) is 29.7 Å². The Morgan fingerprint density at radius 1 is 0.933 bits per heavy atom. The van der Waals surface area contributed by atoms with E-state index in [1.807, 2.05) is 18.2 Å². The first-order valence-electron chi connectivity index (χ1n) is 9.22. The Balaban J connectivity index is 1.67. The van der Waals surface area contributed by atoms with Crippen molar-refractivity contribution in [2.45, 2.75) is 13.5 Å². The van der Waals surface area contributed by atoms with Crippen LogP contribution < -0.4 is 10.1 Å². The van der Waals surface area contributed by atoms with Crippen molar-refractivity contribution < 1.29 is 19.1 Å². The van der Waals surface area contributed by atoms with Gasteiger partial charge in [-0.25, -0.2) is 4.79 Å². The summed E-state index contributed by atoms with van der Waals surface area (Å²) in [6.07, 6.45) is 0. The van der Waals surface area contributed by atoms with Crippen molar-refractivity contribution in [3.8, 4) is 5.75 Å². The Labute approximate surface area is 184 Å². The number of halogens is 2. The van der Waals surface area contributed by atoms with Crippen molar-refractivity contribution in [3.05, 3.63) is 93.5 Å². The van der Waals surface area contributed by atoms with E-state index in [1.54, 1.807) is 43.3 Å². The van der Waals surface area contributed by atoms with E-state index in [0.29, 0.717) is 22.0 Å². The number of carbonyl (C=O) groups is 2. The van der Waals surface area contributed by atoms with Gasteiger partial charge >= 0.3 is 5.97 Å². The van der Waals surface area contributed by atoms with Crippen LogP contribution in [0.5, 0.6) is 5.75 Å². The summed E-state index contributed by atoms with van der Waals surface area (Å²) in [6, 6.07) is 18.8. The molecule has 0 saturated heterocycles. The maximum atomic E-state index is 12.6. The minimum Gasteiger partial charge on any atom is -0.489 e. The molecule has 0 aliphatic carbocycles. The molecule has 0 aliphatic rings. The number of ether oxygens (including phenoxy) is 2. The molecule has 154 valence electrons. The minimum absolute atomic E-state index is 0.197. The van der Waals surface area contributed by atoms with Crippen LogP contribution in [0.2, 0.25) is 10.0 Å². The highest BCUT2D eigenvalue weighted by Gasteiger charge is 2.13. The first-order valence-corrected chi connectivity index (χ1v) is 9.98. The van der Waals surface area contributed by atoms with Gasteiger partial charge in [-0.15, -0.1) is 0 Å². The highest BCUT2D eigenvalue weighted by atomic mass is 35.5. The predicted molar refractivity (Wildman–Crippen MR) is 118 cm³/mol. The van der Waals surface area contributed by atoms with Crippen LogP contribution in [-0.2, 0) is 11.3 Å². The maximum absolute atomic E-state index is 12.6. The number of rotatable bonds is 7. The second-order valence-electron chi connectivity index (χ2n) is 6.28. The summed E-state index contributed by atoms with van der Waals surface area (Å²) >= 11 is 12.3. The van der Waals surface area contributed by atoms with Gasteiger partial charge in [0.25, 0.3) is 5.91 Å². The van der Waals surface area contributed by atoms with Crippen LogP contribution in [0.25, 0.3) is 0 Å². The quantitative estimate of drug-likeness (QED) is 0.454. The number of hydrogen-bond acceptors (Lipinski definition) is 4. The monoisotopic (exact) mass is 443 g/mol. The van der Waals surface area contributed by atoms with Crippen LogP contribution in [-0.4, -0.2) is 18.5 Å². The Hall–Kier alpha value is -3.02. The molecule has 30 heavy (non-hydrogen) atoms. The smallest absolute Gasteiger partial charge is 0.339 e. The molecule has 0 unspecified atom stereocenters. The summed E-state index contributed by atoms with van der Waals surface area (Å²) in [5.74, 6) is -0.305. The molecule has 0 atom stereocenters. The molecule has 0 bridgehead atoms. The van der Waals surface area contributed by atoms with Crippen molar-refractivity contribution >= 4 is 40.8 Å². The molecule has 3 rings (SSSR count). The Kier molecular flexibility index (Phi) is 7.33. The van der Waals surface area contributed by atoms with Crippen LogP contribution in [0.15, 0.2) is 66.7 Å².